The first-order valence-corrected chi connectivity index (χ1v) is 9.40. The highest BCUT2D eigenvalue weighted by Gasteiger charge is 2.26. The molecule has 0 N–H and O–H groups in total. The average Bonchev–Trinajstić information content (AvgIpc) is 3.24. The maximum atomic E-state index is 13.1. The Kier molecular flexibility index (Phi) is 4.11. The van der Waals surface area contributed by atoms with E-state index < -0.39 is 0 Å². The fourth-order valence-electron chi connectivity index (χ4n) is 3.15. The number of benzene rings is 1. The topological polar surface area (TPSA) is 68.3 Å². The van der Waals surface area contributed by atoms with Crippen LogP contribution in [0.3, 0.4) is 0 Å². The van der Waals surface area contributed by atoms with Gasteiger partial charge in [0, 0.05) is 19.5 Å². The number of furan rings is 1. The van der Waals surface area contributed by atoms with Gasteiger partial charge in [-0.15, -0.1) is 11.3 Å². The van der Waals surface area contributed by atoms with Gasteiger partial charge in [0.1, 0.15) is 16.2 Å². The normalized spacial score (nSPS) is 12.6. The number of thiophene rings is 1. The molecule has 0 radical (unpaired) electrons. The summed E-state index contributed by atoms with van der Waals surface area (Å²) >= 11 is 1.25. The predicted octanol–water partition coefficient (Wildman–Crippen LogP) is 3.88. The predicted molar refractivity (Wildman–Crippen MR) is 106 cm³/mol. The monoisotopic (exact) mass is 381 g/mol. The molecule has 0 aliphatic carbocycles. The van der Waals surface area contributed by atoms with Crippen LogP contribution >= 0.6 is 11.3 Å². The van der Waals surface area contributed by atoms with Crippen LogP contribution in [0.5, 0.6) is 0 Å². The maximum Gasteiger partial charge on any atom is 0.264 e. The number of hydrogen-bond donors (Lipinski definition) is 0. The van der Waals surface area contributed by atoms with Crippen molar-refractivity contribution >= 4 is 38.4 Å². The minimum atomic E-state index is -0.245. The Morgan fingerprint density at radius 3 is 2.81 bits per heavy atom. The molecule has 3 aromatic heterocycles. The quantitative estimate of drug-likeness (QED) is 0.540. The molecule has 0 bridgehead atoms. The molecule has 4 rings (SSSR count). The van der Waals surface area contributed by atoms with Gasteiger partial charge >= 0.3 is 0 Å². The number of carbonyl (C=O) groups is 1. The smallest absolute Gasteiger partial charge is 0.264 e. The molecule has 1 aromatic carbocycles. The van der Waals surface area contributed by atoms with Gasteiger partial charge < -0.3 is 13.9 Å². The molecule has 0 saturated heterocycles. The third-order valence-corrected chi connectivity index (χ3v) is 6.15. The molecule has 4 aromatic rings. The Morgan fingerprint density at radius 2 is 2.07 bits per heavy atom. The zero-order valence-electron chi connectivity index (χ0n) is 15.5. The molecule has 1 amide bonds. The standard InChI is InChI=1S/C20H19N3O3S/c1-11-16-18(21-10-22(3)19(16)24)27-17(11)20(25)23(4)12(2)15-9-13-7-5-6-8-14(13)26-15/h5-10,12H,1-4H3. The van der Waals surface area contributed by atoms with Crippen LogP contribution in [0.4, 0.5) is 0 Å². The Morgan fingerprint density at radius 1 is 1.33 bits per heavy atom. The lowest BCUT2D eigenvalue weighted by molar-refractivity contribution is 0.0732. The number of nitrogens with zero attached hydrogens (tertiary/aromatic N) is 3. The van der Waals surface area contributed by atoms with Gasteiger partial charge in [0.05, 0.1) is 22.6 Å². The molecule has 7 heteroatoms. The Labute approximate surface area is 159 Å². The second kappa shape index (κ2) is 6.35. The largest absolute Gasteiger partial charge is 0.459 e. The number of fused-ring (bicyclic) bond motifs is 2. The lowest BCUT2D eigenvalue weighted by Crippen LogP contribution is -2.29. The molecule has 0 saturated carbocycles. The number of para-hydroxylation sites is 1. The van der Waals surface area contributed by atoms with Crippen LogP contribution in [-0.4, -0.2) is 27.4 Å². The summed E-state index contributed by atoms with van der Waals surface area (Å²) in [5.41, 5.74) is 1.34. The van der Waals surface area contributed by atoms with E-state index in [1.807, 2.05) is 37.3 Å². The molecule has 1 unspecified atom stereocenters. The number of amides is 1. The molecular formula is C20H19N3O3S. The molecule has 27 heavy (non-hydrogen) atoms. The molecule has 0 aliphatic heterocycles. The number of aryl methyl sites for hydroxylation is 2. The van der Waals surface area contributed by atoms with Crippen molar-refractivity contribution in [3.63, 3.8) is 0 Å². The summed E-state index contributed by atoms with van der Waals surface area (Å²) < 4.78 is 7.33. The van der Waals surface area contributed by atoms with E-state index in [0.29, 0.717) is 20.7 Å². The van der Waals surface area contributed by atoms with Crippen molar-refractivity contribution < 1.29 is 9.21 Å². The second-order valence-corrected chi connectivity index (χ2v) is 7.67. The van der Waals surface area contributed by atoms with Crippen LogP contribution in [-0.2, 0) is 7.05 Å². The highest BCUT2D eigenvalue weighted by atomic mass is 32.1. The highest BCUT2D eigenvalue weighted by Crippen LogP contribution is 2.31. The van der Waals surface area contributed by atoms with Gasteiger partial charge in [-0.05, 0) is 31.5 Å². The molecule has 0 fully saturated rings. The van der Waals surface area contributed by atoms with Crippen LogP contribution in [0.2, 0.25) is 0 Å². The van der Waals surface area contributed by atoms with Gasteiger partial charge in [0.2, 0.25) is 0 Å². The van der Waals surface area contributed by atoms with Crippen molar-refractivity contribution in [2.45, 2.75) is 19.9 Å². The van der Waals surface area contributed by atoms with Crippen molar-refractivity contribution in [2.24, 2.45) is 7.05 Å². The van der Waals surface area contributed by atoms with Gasteiger partial charge in [-0.2, -0.15) is 0 Å². The number of rotatable bonds is 3. The van der Waals surface area contributed by atoms with E-state index >= 15 is 0 Å². The van der Waals surface area contributed by atoms with Crippen LogP contribution in [0.15, 0.2) is 45.9 Å². The lowest BCUT2D eigenvalue weighted by Gasteiger charge is -2.23. The average molecular weight is 381 g/mol. The summed E-state index contributed by atoms with van der Waals surface area (Å²) in [7, 11) is 3.40. The Hall–Kier alpha value is -2.93. The second-order valence-electron chi connectivity index (χ2n) is 6.68. The zero-order chi connectivity index (χ0) is 19.3. The van der Waals surface area contributed by atoms with E-state index in [9.17, 15) is 9.59 Å². The Balaban J connectivity index is 1.71. The number of carbonyl (C=O) groups excluding carboxylic acids is 1. The van der Waals surface area contributed by atoms with Gasteiger partial charge in [-0.25, -0.2) is 4.98 Å². The third kappa shape index (κ3) is 2.75. The first-order valence-electron chi connectivity index (χ1n) is 8.59. The molecule has 1 atom stereocenters. The van der Waals surface area contributed by atoms with Gasteiger partial charge in [0.15, 0.2) is 0 Å². The fourth-order valence-corrected chi connectivity index (χ4v) is 4.27. The third-order valence-electron chi connectivity index (χ3n) is 4.96. The van der Waals surface area contributed by atoms with Gasteiger partial charge in [-0.1, -0.05) is 18.2 Å². The lowest BCUT2D eigenvalue weighted by atomic mass is 10.1. The summed E-state index contributed by atoms with van der Waals surface area (Å²) in [5.74, 6) is 0.574. The van der Waals surface area contributed by atoms with Crippen molar-refractivity contribution in [3.8, 4) is 0 Å². The van der Waals surface area contributed by atoms with Crippen LogP contribution < -0.4 is 5.56 Å². The molecule has 3 heterocycles. The van der Waals surface area contributed by atoms with Crippen LogP contribution in [0, 0.1) is 6.92 Å². The first kappa shape index (κ1) is 17.5. The van der Waals surface area contributed by atoms with E-state index in [-0.39, 0.29) is 17.5 Å². The molecule has 0 spiro atoms. The summed E-state index contributed by atoms with van der Waals surface area (Å²) in [6.45, 7) is 3.73. The maximum absolute atomic E-state index is 13.1. The Bertz CT molecular complexity index is 1200. The number of aromatic nitrogens is 2. The molecular weight excluding hydrogens is 362 g/mol. The molecule has 138 valence electrons. The SMILES string of the molecule is Cc1c(C(=O)N(C)C(C)c2cc3ccccc3o2)sc2ncn(C)c(=O)c12. The zero-order valence-corrected chi connectivity index (χ0v) is 16.3. The minimum Gasteiger partial charge on any atom is -0.459 e. The van der Waals surface area contributed by atoms with Crippen molar-refractivity contribution in [2.75, 3.05) is 7.05 Å². The summed E-state index contributed by atoms with van der Waals surface area (Å²) in [4.78, 5) is 32.6. The van der Waals surface area contributed by atoms with Crippen LogP contribution in [0.25, 0.3) is 21.2 Å². The van der Waals surface area contributed by atoms with Gasteiger partial charge in [-0.3, -0.25) is 9.59 Å². The minimum absolute atomic E-state index is 0.138. The first-order chi connectivity index (χ1) is 12.9. The van der Waals surface area contributed by atoms with Gasteiger partial charge in [0.25, 0.3) is 11.5 Å². The van der Waals surface area contributed by atoms with E-state index in [1.54, 1.807) is 25.9 Å². The van der Waals surface area contributed by atoms with E-state index in [0.717, 1.165) is 16.7 Å². The summed E-state index contributed by atoms with van der Waals surface area (Å²) in [5, 5.41) is 1.52. The van der Waals surface area contributed by atoms with E-state index in [2.05, 4.69) is 4.98 Å². The number of hydrogen-bond acceptors (Lipinski definition) is 5. The van der Waals surface area contributed by atoms with Crippen LogP contribution in [0.1, 0.15) is 34.0 Å². The summed E-state index contributed by atoms with van der Waals surface area (Å²) in [6, 6.07) is 9.47. The van der Waals surface area contributed by atoms with E-state index in [1.165, 1.54) is 22.2 Å². The highest BCUT2D eigenvalue weighted by molar-refractivity contribution is 7.20. The molecule has 6 nitrogen and oxygen atoms in total. The van der Waals surface area contributed by atoms with Crippen molar-refractivity contribution in [1.29, 1.82) is 0 Å². The molecule has 0 aliphatic rings. The van der Waals surface area contributed by atoms with Crippen molar-refractivity contribution in [1.82, 2.24) is 14.5 Å². The van der Waals surface area contributed by atoms with Crippen molar-refractivity contribution in [3.05, 3.63) is 63.2 Å². The van der Waals surface area contributed by atoms with E-state index in [4.69, 9.17) is 4.42 Å². The summed E-state index contributed by atoms with van der Waals surface area (Å²) in [6.07, 6.45) is 1.48. The fraction of sp³-hybridized carbons (Fsp3) is 0.250.